The predicted molar refractivity (Wildman–Crippen MR) is 118 cm³/mol. The lowest BCUT2D eigenvalue weighted by Gasteiger charge is -2.26. The van der Waals surface area contributed by atoms with Crippen molar-refractivity contribution < 1.29 is 22.7 Å². The van der Waals surface area contributed by atoms with E-state index in [0.29, 0.717) is 37.7 Å². The van der Waals surface area contributed by atoms with Crippen molar-refractivity contribution in [2.24, 2.45) is 0 Å². The Morgan fingerprint density at radius 3 is 2.42 bits per heavy atom. The number of sulfonamides is 1. The summed E-state index contributed by atoms with van der Waals surface area (Å²) in [5, 5.41) is 2.79. The fourth-order valence-corrected chi connectivity index (χ4v) is 5.34. The molecule has 1 N–H and O–H groups in total. The Kier molecular flexibility index (Phi) is 6.60. The fraction of sp³-hybridized carbons (Fsp3) is 0.435. The summed E-state index contributed by atoms with van der Waals surface area (Å²) in [7, 11) is -3.56. The van der Waals surface area contributed by atoms with Gasteiger partial charge < -0.3 is 14.8 Å². The molecule has 31 heavy (non-hydrogen) atoms. The summed E-state index contributed by atoms with van der Waals surface area (Å²) in [4.78, 5) is 12.8. The molecule has 1 fully saturated rings. The SMILES string of the molecule is C[C@@H](Oc1ccc2c(c1)CCCC2)C(=O)Nc1ccc(S(=O)(=O)N2CCOCC2)cc1. The van der Waals surface area contributed by atoms with Gasteiger partial charge in [0, 0.05) is 18.8 Å². The first kappa shape index (κ1) is 21.8. The van der Waals surface area contributed by atoms with E-state index in [9.17, 15) is 13.2 Å². The van der Waals surface area contributed by atoms with Crippen molar-refractivity contribution >= 4 is 21.6 Å². The van der Waals surface area contributed by atoms with Gasteiger partial charge in [-0.15, -0.1) is 0 Å². The highest BCUT2D eigenvalue weighted by Crippen LogP contribution is 2.26. The number of carbonyl (C=O) groups excluding carboxylic acids is 1. The van der Waals surface area contributed by atoms with Crippen LogP contribution in [0.5, 0.6) is 5.75 Å². The van der Waals surface area contributed by atoms with Crippen LogP contribution in [0.4, 0.5) is 5.69 Å². The molecule has 8 heteroatoms. The zero-order valence-corrected chi connectivity index (χ0v) is 18.5. The van der Waals surface area contributed by atoms with Gasteiger partial charge in [-0.1, -0.05) is 6.07 Å². The first-order valence-electron chi connectivity index (χ1n) is 10.7. The van der Waals surface area contributed by atoms with E-state index in [1.165, 1.54) is 40.4 Å². The van der Waals surface area contributed by atoms with Gasteiger partial charge in [-0.05, 0) is 80.1 Å². The molecule has 1 saturated heterocycles. The summed E-state index contributed by atoms with van der Waals surface area (Å²) < 4.78 is 37.9. The normalized spacial score (nSPS) is 18.1. The van der Waals surface area contributed by atoms with Crippen LogP contribution in [0.1, 0.15) is 30.9 Å². The molecule has 2 aromatic rings. The van der Waals surface area contributed by atoms with Crippen LogP contribution in [-0.4, -0.2) is 51.0 Å². The minimum Gasteiger partial charge on any atom is -0.481 e. The largest absolute Gasteiger partial charge is 0.481 e. The van der Waals surface area contributed by atoms with Crippen LogP contribution >= 0.6 is 0 Å². The maximum atomic E-state index is 12.7. The van der Waals surface area contributed by atoms with Crippen molar-refractivity contribution in [3.05, 3.63) is 53.6 Å². The summed E-state index contributed by atoms with van der Waals surface area (Å²) in [5.74, 6) is 0.400. The molecular weight excluding hydrogens is 416 g/mol. The Labute approximate surface area is 183 Å². The Hall–Kier alpha value is -2.42. The molecule has 1 amide bonds. The molecule has 166 valence electrons. The van der Waals surface area contributed by atoms with Crippen molar-refractivity contribution in [1.82, 2.24) is 4.31 Å². The smallest absolute Gasteiger partial charge is 0.265 e. The minimum atomic E-state index is -3.56. The van der Waals surface area contributed by atoms with Gasteiger partial charge in [-0.3, -0.25) is 4.79 Å². The van der Waals surface area contributed by atoms with Gasteiger partial charge in [0.05, 0.1) is 18.1 Å². The molecule has 0 aromatic heterocycles. The van der Waals surface area contributed by atoms with E-state index in [0.717, 1.165) is 12.8 Å². The van der Waals surface area contributed by atoms with Crippen molar-refractivity contribution in [1.29, 1.82) is 0 Å². The van der Waals surface area contributed by atoms with Crippen LogP contribution < -0.4 is 10.1 Å². The van der Waals surface area contributed by atoms with Crippen LogP contribution in [0.25, 0.3) is 0 Å². The van der Waals surface area contributed by atoms with E-state index in [-0.39, 0.29) is 10.8 Å². The van der Waals surface area contributed by atoms with Gasteiger partial charge in [0.1, 0.15) is 5.75 Å². The van der Waals surface area contributed by atoms with Gasteiger partial charge >= 0.3 is 0 Å². The predicted octanol–water partition coefficient (Wildman–Crippen LogP) is 2.99. The third-order valence-electron chi connectivity index (χ3n) is 5.73. The molecule has 0 unspecified atom stereocenters. The number of amides is 1. The van der Waals surface area contributed by atoms with E-state index in [4.69, 9.17) is 9.47 Å². The van der Waals surface area contributed by atoms with Gasteiger partial charge in [-0.25, -0.2) is 8.42 Å². The number of ether oxygens (including phenoxy) is 2. The maximum absolute atomic E-state index is 12.7. The maximum Gasteiger partial charge on any atom is 0.265 e. The number of benzene rings is 2. The first-order chi connectivity index (χ1) is 14.9. The number of fused-ring (bicyclic) bond motifs is 1. The highest BCUT2D eigenvalue weighted by atomic mass is 32.2. The summed E-state index contributed by atoms with van der Waals surface area (Å²) in [6.07, 6.45) is 3.87. The second-order valence-corrected chi connectivity index (χ2v) is 9.87. The van der Waals surface area contributed by atoms with Crippen LogP contribution in [0.15, 0.2) is 47.4 Å². The van der Waals surface area contributed by atoms with E-state index >= 15 is 0 Å². The van der Waals surface area contributed by atoms with E-state index in [2.05, 4.69) is 11.4 Å². The molecule has 1 aliphatic carbocycles. The number of hydrogen-bond acceptors (Lipinski definition) is 5. The molecule has 0 radical (unpaired) electrons. The van der Waals surface area contributed by atoms with Crippen molar-refractivity contribution in [3.8, 4) is 5.75 Å². The average molecular weight is 445 g/mol. The molecule has 2 aliphatic rings. The number of rotatable bonds is 6. The van der Waals surface area contributed by atoms with Crippen molar-refractivity contribution in [2.75, 3.05) is 31.6 Å². The molecule has 1 aliphatic heterocycles. The van der Waals surface area contributed by atoms with Crippen molar-refractivity contribution in [2.45, 2.75) is 43.6 Å². The third kappa shape index (κ3) is 5.08. The van der Waals surface area contributed by atoms with E-state index in [1.807, 2.05) is 12.1 Å². The third-order valence-corrected chi connectivity index (χ3v) is 7.64. The lowest BCUT2D eigenvalue weighted by Crippen LogP contribution is -2.40. The molecule has 7 nitrogen and oxygen atoms in total. The standard InChI is InChI=1S/C23H28N2O5S/c1-17(30-21-9-6-18-4-2-3-5-19(18)16-21)23(26)24-20-7-10-22(11-8-20)31(27,28)25-12-14-29-15-13-25/h6-11,16-17H,2-5,12-15H2,1H3,(H,24,26)/t17-/m1/s1. The topological polar surface area (TPSA) is 84.9 Å². The number of nitrogens with zero attached hydrogens (tertiary/aromatic N) is 1. The quantitative estimate of drug-likeness (QED) is 0.740. The Morgan fingerprint density at radius 1 is 1.03 bits per heavy atom. The lowest BCUT2D eigenvalue weighted by molar-refractivity contribution is -0.122. The minimum absolute atomic E-state index is 0.200. The highest BCUT2D eigenvalue weighted by Gasteiger charge is 2.26. The Morgan fingerprint density at radius 2 is 1.71 bits per heavy atom. The molecule has 1 atom stereocenters. The lowest BCUT2D eigenvalue weighted by atomic mass is 9.92. The van der Waals surface area contributed by atoms with Crippen LogP contribution in [0, 0.1) is 0 Å². The molecule has 0 bridgehead atoms. The molecule has 4 rings (SSSR count). The number of anilines is 1. The molecule has 1 heterocycles. The summed E-state index contributed by atoms with van der Waals surface area (Å²) in [5.41, 5.74) is 3.18. The van der Waals surface area contributed by atoms with Gasteiger partial charge in [0.15, 0.2) is 6.10 Å². The fourth-order valence-electron chi connectivity index (χ4n) is 3.93. The first-order valence-corrected chi connectivity index (χ1v) is 12.1. The monoisotopic (exact) mass is 444 g/mol. The molecule has 0 saturated carbocycles. The van der Waals surface area contributed by atoms with Crippen LogP contribution in [-0.2, 0) is 32.4 Å². The van der Waals surface area contributed by atoms with Gasteiger partial charge in [0.25, 0.3) is 5.91 Å². The van der Waals surface area contributed by atoms with Gasteiger partial charge in [0.2, 0.25) is 10.0 Å². The molecule has 2 aromatic carbocycles. The van der Waals surface area contributed by atoms with Crippen LogP contribution in [0.2, 0.25) is 0 Å². The summed E-state index contributed by atoms with van der Waals surface area (Å²) in [6, 6.07) is 12.2. The van der Waals surface area contributed by atoms with Gasteiger partial charge in [-0.2, -0.15) is 4.31 Å². The second-order valence-electron chi connectivity index (χ2n) is 7.93. The summed E-state index contributed by atoms with van der Waals surface area (Å²) >= 11 is 0. The Bertz CT molecular complexity index is 1030. The zero-order chi connectivity index (χ0) is 21.8. The zero-order valence-electron chi connectivity index (χ0n) is 17.7. The molecule has 0 spiro atoms. The highest BCUT2D eigenvalue weighted by molar-refractivity contribution is 7.89. The second kappa shape index (κ2) is 9.38. The number of hydrogen-bond donors (Lipinski definition) is 1. The van der Waals surface area contributed by atoms with Crippen LogP contribution in [0.3, 0.4) is 0 Å². The Balaban J connectivity index is 1.37. The van der Waals surface area contributed by atoms with E-state index < -0.39 is 16.1 Å². The number of nitrogens with one attached hydrogen (secondary N) is 1. The number of carbonyl (C=O) groups is 1. The average Bonchev–Trinajstić information content (AvgIpc) is 2.80. The number of morpholine rings is 1. The number of aryl methyl sites for hydroxylation is 2. The summed E-state index contributed by atoms with van der Waals surface area (Å²) in [6.45, 7) is 3.19. The van der Waals surface area contributed by atoms with E-state index in [1.54, 1.807) is 19.1 Å². The molecular formula is C23H28N2O5S. The van der Waals surface area contributed by atoms with Crippen molar-refractivity contribution in [3.63, 3.8) is 0 Å².